The van der Waals surface area contributed by atoms with Gasteiger partial charge in [0.05, 0.1) is 0 Å². The largest absolute Gasteiger partial charge is 0.454 e. The Morgan fingerprint density at radius 2 is 1.88 bits per heavy atom. The van der Waals surface area contributed by atoms with Gasteiger partial charge >= 0.3 is 0 Å². The Hall–Kier alpha value is -2.75. The van der Waals surface area contributed by atoms with Crippen molar-refractivity contribution in [2.24, 2.45) is 0 Å². The lowest BCUT2D eigenvalue weighted by Gasteiger charge is -2.05. The molecule has 1 heterocycles. The predicted molar refractivity (Wildman–Crippen MR) is 94.0 cm³/mol. The predicted octanol–water partition coefficient (Wildman–Crippen LogP) is 3.87. The summed E-state index contributed by atoms with van der Waals surface area (Å²) in [5.74, 6) is 1.85. The van der Waals surface area contributed by atoms with E-state index in [-0.39, 0.29) is 12.7 Å². The lowest BCUT2D eigenvalue weighted by Crippen LogP contribution is -2.20. The minimum Gasteiger partial charge on any atom is -0.454 e. The molecule has 24 heavy (non-hydrogen) atoms. The first kappa shape index (κ1) is 16.1. The number of amides is 1. The van der Waals surface area contributed by atoms with Crippen LogP contribution in [0.15, 0.2) is 48.5 Å². The van der Waals surface area contributed by atoms with Gasteiger partial charge in [-0.05, 0) is 40.8 Å². The summed E-state index contributed by atoms with van der Waals surface area (Å²) >= 11 is 0. The zero-order valence-corrected chi connectivity index (χ0v) is 13.9. The lowest BCUT2D eigenvalue weighted by atomic mass is 10.0. The Morgan fingerprint density at radius 3 is 2.62 bits per heavy atom. The van der Waals surface area contributed by atoms with Crippen molar-refractivity contribution in [3.05, 3.63) is 65.2 Å². The van der Waals surface area contributed by atoms with Gasteiger partial charge in [0.2, 0.25) is 12.7 Å². The number of hydrogen-bond donors (Lipinski definition) is 1. The molecule has 0 saturated carbocycles. The molecule has 4 nitrogen and oxygen atoms in total. The van der Waals surface area contributed by atoms with Crippen LogP contribution in [0.5, 0.6) is 11.5 Å². The summed E-state index contributed by atoms with van der Waals surface area (Å²) in [6.45, 7) is 5.03. The number of ether oxygens (including phenoxy) is 2. The molecular formula is C20H21NO3. The molecule has 1 aliphatic heterocycles. The van der Waals surface area contributed by atoms with Crippen LogP contribution in [-0.2, 0) is 11.3 Å². The Balaban J connectivity index is 1.53. The van der Waals surface area contributed by atoms with Crippen molar-refractivity contribution in [1.29, 1.82) is 0 Å². The number of rotatable bonds is 5. The molecule has 2 aromatic rings. The molecule has 0 aliphatic carbocycles. The number of fused-ring (bicyclic) bond motifs is 1. The van der Waals surface area contributed by atoms with Crippen LogP contribution in [0.2, 0.25) is 0 Å². The van der Waals surface area contributed by atoms with Gasteiger partial charge in [-0.25, -0.2) is 0 Å². The van der Waals surface area contributed by atoms with E-state index in [2.05, 4.69) is 31.3 Å². The normalized spacial score (nSPS) is 12.8. The highest BCUT2D eigenvalue weighted by atomic mass is 16.7. The van der Waals surface area contributed by atoms with Crippen LogP contribution >= 0.6 is 0 Å². The van der Waals surface area contributed by atoms with Crippen LogP contribution < -0.4 is 14.8 Å². The minimum absolute atomic E-state index is 0.124. The van der Waals surface area contributed by atoms with Gasteiger partial charge in [-0.15, -0.1) is 0 Å². The van der Waals surface area contributed by atoms with E-state index in [0.29, 0.717) is 12.5 Å². The molecule has 0 fully saturated rings. The molecule has 0 atom stereocenters. The first-order chi connectivity index (χ1) is 11.6. The summed E-state index contributed by atoms with van der Waals surface area (Å²) in [6.07, 6.45) is 3.37. The van der Waals surface area contributed by atoms with Crippen molar-refractivity contribution in [3.63, 3.8) is 0 Å². The monoisotopic (exact) mass is 323 g/mol. The van der Waals surface area contributed by atoms with Crippen LogP contribution in [0.3, 0.4) is 0 Å². The zero-order chi connectivity index (χ0) is 16.9. The smallest absolute Gasteiger partial charge is 0.244 e. The number of benzene rings is 2. The SMILES string of the molecule is CC(C)c1ccc(C=CC(=O)NCc2ccc3c(c2)OCO3)cc1. The second kappa shape index (κ2) is 7.21. The van der Waals surface area contributed by atoms with E-state index in [9.17, 15) is 4.79 Å². The molecule has 1 amide bonds. The van der Waals surface area contributed by atoms with Crippen LogP contribution in [0, 0.1) is 0 Å². The zero-order valence-electron chi connectivity index (χ0n) is 13.9. The summed E-state index contributed by atoms with van der Waals surface area (Å²) in [5.41, 5.74) is 3.28. The summed E-state index contributed by atoms with van der Waals surface area (Å²) in [5, 5.41) is 2.87. The van der Waals surface area contributed by atoms with Crippen molar-refractivity contribution in [1.82, 2.24) is 5.32 Å². The maximum absolute atomic E-state index is 11.9. The molecule has 0 unspecified atom stereocenters. The third-order valence-corrected chi connectivity index (χ3v) is 3.93. The molecule has 0 saturated heterocycles. The van der Waals surface area contributed by atoms with E-state index in [4.69, 9.17) is 9.47 Å². The second-order valence-corrected chi connectivity index (χ2v) is 6.06. The summed E-state index contributed by atoms with van der Waals surface area (Å²) in [7, 11) is 0. The highest BCUT2D eigenvalue weighted by Crippen LogP contribution is 2.32. The quantitative estimate of drug-likeness (QED) is 0.850. The number of carbonyl (C=O) groups excluding carboxylic acids is 1. The van der Waals surface area contributed by atoms with E-state index in [1.807, 2.05) is 36.4 Å². The topological polar surface area (TPSA) is 47.6 Å². The molecule has 1 N–H and O–H groups in total. The van der Waals surface area contributed by atoms with Crippen LogP contribution in [-0.4, -0.2) is 12.7 Å². The van der Waals surface area contributed by atoms with Crippen LogP contribution in [0.4, 0.5) is 0 Å². The molecule has 4 heteroatoms. The summed E-state index contributed by atoms with van der Waals surface area (Å²) in [6, 6.07) is 13.9. The maximum Gasteiger partial charge on any atom is 0.244 e. The fourth-order valence-corrected chi connectivity index (χ4v) is 2.46. The fourth-order valence-electron chi connectivity index (χ4n) is 2.46. The van der Waals surface area contributed by atoms with E-state index in [1.54, 1.807) is 6.08 Å². The molecule has 3 rings (SSSR count). The van der Waals surface area contributed by atoms with Crippen molar-refractivity contribution in [2.45, 2.75) is 26.3 Å². The van der Waals surface area contributed by atoms with Crippen molar-refractivity contribution >= 4 is 12.0 Å². The average Bonchev–Trinajstić information content (AvgIpc) is 3.06. The first-order valence-electron chi connectivity index (χ1n) is 8.06. The number of hydrogen-bond acceptors (Lipinski definition) is 3. The van der Waals surface area contributed by atoms with Gasteiger partial charge in [-0.2, -0.15) is 0 Å². The van der Waals surface area contributed by atoms with Gasteiger partial charge in [0.25, 0.3) is 0 Å². The standard InChI is InChI=1S/C20H21NO3/c1-14(2)17-7-3-15(4-8-17)6-10-20(22)21-12-16-5-9-18-19(11-16)24-13-23-18/h3-11,14H,12-13H2,1-2H3,(H,21,22). The van der Waals surface area contributed by atoms with Crippen molar-refractivity contribution in [3.8, 4) is 11.5 Å². The molecule has 2 aromatic carbocycles. The molecule has 0 radical (unpaired) electrons. The molecule has 1 aliphatic rings. The van der Waals surface area contributed by atoms with E-state index in [1.165, 1.54) is 5.56 Å². The van der Waals surface area contributed by atoms with Gasteiger partial charge in [0.15, 0.2) is 11.5 Å². The summed E-state index contributed by atoms with van der Waals surface area (Å²) < 4.78 is 10.6. The third-order valence-electron chi connectivity index (χ3n) is 3.93. The Morgan fingerprint density at radius 1 is 1.12 bits per heavy atom. The van der Waals surface area contributed by atoms with Crippen molar-refractivity contribution < 1.29 is 14.3 Å². The molecule has 0 bridgehead atoms. The third kappa shape index (κ3) is 3.96. The Labute approximate surface area is 142 Å². The second-order valence-electron chi connectivity index (χ2n) is 6.06. The highest BCUT2D eigenvalue weighted by Gasteiger charge is 2.13. The van der Waals surface area contributed by atoms with Crippen molar-refractivity contribution in [2.75, 3.05) is 6.79 Å². The Kier molecular flexibility index (Phi) is 4.85. The molecular weight excluding hydrogens is 302 g/mol. The van der Waals surface area contributed by atoms with Crippen LogP contribution in [0.25, 0.3) is 6.08 Å². The highest BCUT2D eigenvalue weighted by molar-refractivity contribution is 5.91. The average molecular weight is 323 g/mol. The minimum atomic E-state index is -0.124. The van der Waals surface area contributed by atoms with Gasteiger partial charge in [0, 0.05) is 12.6 Å². The summed E-state index contributed by atoms with van der Waals surface area (Å²) in [4.78, 5) is 11.9. The molecule has 0 aromatic heterocycles. The fraction of sp³-hybridized carbons (Fsp3) is 0.250. The number of carbonyl (C=O) groups is 1. The lowest BCUT2D eigenvalue weighted by molar-refractivity contribution is -0.116. The Bertz CT molecular complexity index is 748. The van der Waals surface area contributed by atoms with Gasteiger partial charge < -0.3 is 14.8 Å². The van der Waals surface area contributed by atoms with E-state index >= 15 is 0 Å². The molecule has 124 valence electrons. The van der Waals surface area contributed by atoms with E-state index < -0.39 is 0 Å². The van der Waals surface area contributed by atoms with Crippen LogP contribution in [0.1, 0.15) is 36.5 Å². The van der Waals surface area contributed by atoms with E-state index in [0.717, 1.165) is 22.6 Å². The first-order valence-corrected chi connectivity index (χ1v) is 8.06. The maximum atomic E-state index is 11.9. The van der Waals surface area contributed by atoms with Gasteiger partial charge in [-0.1, -0.05) is 44.2 Å². The molecule has 0 spiro atoms. The van der Waals surface area contributed by atoms with Gasteiger partial charge in [-0.3, -0.25) is 4.79 Å². The van der Waals surface area contributed by atoms with Gasteiger partial charge in [0.1, 0.15) is 0 Å². The number of nitrogens with one attached hydrogen (secondary N) is 1.